The first kappa shape index (κ1) is 23.4. The quantitative estimate of drug-likeness (QED) is 0.269. The van der Waals surface area contributed by atoms with E-state index in [4.69, 9.17) is 32.7 Å². The van der Waals surface area contributed by atoms with Gasteiger partial charge in [-0.2, -0.15) is 0 Å². The van der Waals surface area contributed by atoms with Gasteiger partial charge >= 0.3 is 0 Å². The maximum Gasteiger partial charge on any atom is 0.227 e. The van der Waals surface area contributed by atoms with Gasteiger partial charge in [0.1, 0.15) is 11.6 Å². The first-order valence-electron chi connectivity index (χ1n) is 11.6. The van der Waals surface area contributed by atoms with Gasteiger partial charge in [-0.25, -0.2) is 4.98 Å². The van der Waals surface area contributed by atoms with Crippen molar-refractivity contribution in [1.29, 1.82) is 0 Å². The first-order chi connectivity index (χ1) is 17.4. The molecule has 4 aromatic rings. The molecule has 4 heterocycles. The van der Waals surface area contributed by atoms with Crippen LogP contribution in [0.4, 0.5) is 5.69 Å². The van der Waals surface area contributed by atoms with Crippen LogP contribution in [-0.4, -0.2) is 26.4 Å². The van der Waals surface area contributed by atoms with Gasteiger partial charge in [-0.05, 0) is 73.7 Å². The number of rotatable bonds is 4. The predicted octanol–water partition coefficient (Wildman–Crippen LogP) is 7.58. The Morgan fingerprint density at radius 1 is 1.11 bits per heavy atom. The van der Waals surface area contributed by atoms with Crippen LogP contribution in [0.5, 0.6) is 0 Å². The fourth-order valence-corrected chi connectivity index (χ4v) is 5.98. The molecule has 1 fully saturated rings. The van der Waals surface area contributed by atoms with Crippen molar-refractivity contribution in [1.82, 2.24) is 14.7 Å². The summed E-state index contributed by atoms with van der Waals surface area (Å²) in [4.78, 5) is 20.0. The maximum atomic E-state index is 13.1. The molecule has 0 bridgehead atoms. The SMILES string of the molecule is Cc1noc(C)c1-c1ccc2c(c1)nc([C@@H]1CCC(=O)N1c1ccc(Cl)c(Cl)c1)n2C1=CCSC=C1. The lowest BCUT2D eigenvalue weighted by Crippen LogP contribution is -2.29. The molecular formula is C27H22Cl2N4O2S. The largest absolute Gasteiger partial charge is 0.361 e. The van der Waals surface area contributed by atoms with Crippen molar-refractivity contribution >= 4 is 63.3 Å². The summed E-state index contributed by atoms with van der Waals surface area (Å²) in [5.41, 5.74) is 6.42. The second-order valence-electron chi connectivity index (χ2n) is 8.89. The van der Waals surface area contributed by atoms with Gasteiger partial charge in [-0.3, -0.25) is 9.36 Å². The molecule has 2 aromatic carbocycles. The Labute approximate surface area is 222 Å². The van der Waals surface area contributed by atoms with E-state index in [1.807, 2.05) is 19.9 Å². The van der Waals surface area contributed by atoms with Gasteiger partial charge in [0.25, 0.3) is 0 Å². The van der Waals surface area contributed by atoms with E-state index in [2.05, 4.69) is 45.5 Å². The van der Waals surface area contributed by atoms with Crippen molar-refractivity contribution in [2.24, 2.45) is 0 Å². The number of fused-ring (bicyclic) bond motifs is 1. The minimum Gasteiger partial charge on any atom is -0.361 e. The highest BCUT2D eigenvalue weighted by Crippen LogP contribution is 2.41. The van der Waals surface area contributed by atoms with E-state index in [0.717, 1.165) is 56.6 Å². The summed E-state index contributed by atoms with van der Waals surface area (Å²) in [7, 11) is 0. The van der Waals surface area contributed by atoms with E-state index < -0.39 is 0 Å². The van der Waals surface area contributed by atoms with Gasteiger partial charge in [0.15, 0.2) is 0 Å². The third-order valence-electron chi connectivity index (χ3n) is 6.68. The minimum atomic E-state index is -0.242. The molecule has 182 valence electrons. The van der Waals surface area contributed by atoms with Gasteiger partial charge in [0, 0.05) is 29.1 Å². The summed E-state index contributed by atoms with van der Waals surface area (Å²) in [6, 6.07) is 11.3. The molecule has 1 atom stereocenters. The monoisotopic (exact) mass is 536 g/mol. The van der Waals surface area contributed by atoms with Crippen LogP contribution < -0.4 is 4.90 Å². The van der Waals surface area contributed by atoms with Crippen molar-refractivity contribution in [2.45, 2.75) is 32.7 Å². The standard InChI is InChI=1S/C27H22Cl2N4O2S/c1-15-26(16(2)35-31-15)17-3-6-23-22(13-17)30-27(33(23)18-9-11-36-12-10-18)24-7-8-25(34)32(24)19-4-5-20(28)21(29)14-19/h3-6,9-11,13-14,24H,7-8,12H2,1-2H3/t24-/m0/s1. The molecule has 2 aromatic heterocycles. The molecule has 9 heteroatoms. The fraction of sp³-hybridized carbons (Fsp3) is 0.222. The van der Waals surface area contributed by atoms with Crippen LogP contribution in [-0.2, 0) is 4.79 Å². The zero-order chi connectivity index (χ0) is 25.0. The van der Waals surface area contributed by atoms with E-state index >= 15 is 0 Å². The number of carbonyl (C=O) groups excluding carboxylic acids is 1. The number of amides is 1. The molecule has 2 aliphatic rings. The second kappa shape index (κ2) is 9.14. The summed E-state index contributed by atoms with van der Waals surface area (Å²) in [6.45, 7) is 3.85. The van der Waals surface area contributed by atoms with Crippen LogP contribution in [0.25, 0.3) is 27.9 Å². The number of hydrogen-bond donors (Lipinski definition) is 0. The molecule has 0 saturated carbocycles. The number of imidazole rings is 1. The van der Waals surface area contributed by atoms with Crippen molar-refractivity contribution in [3.8, 4) is 11.1 Å². The average molecular weight is 537 g/mol. The Bertz CT molecular complexity index is 1570. The summed E-state index contributed by atoms with van der Waals surface area (Å²) in [5.74, 6) is 2.51. The van der Waals surface area contributed by atoms with Crippen LogP contribution in [0, 0.1) is 13.8 Å². The van der Waals surface area contributed by atoms with E-state index in [1.165, 1.54) is 0 Å². The van der Waals surface area contributed by atoms with Gasteiger partial charge < -0.3 is 9.42 Å². The summed E-state index contributed by atoms with van der Waals surface area (Å²) >= 11 is 14.2. The van der Waals surface area contributed by atoms with Crippen LogP contribution in [0.3, 0.4) is 0 Å². The van der Waals surface area contributed by atoms with Crippen LogP contribution in [0.1, 0.15) is 36.2 Å². The number of thioether (sulfide) groups is 1. The third-order valence-corrected chi connectivity index (χ3v) is 8.10. The number of carbonyl (C=O) groups is 1. The minimum absolute atomic E-state index is 0.0390. The van der Waals surface area contributed by atoms with Gasteiger partial charge in [0.05, 0.1) is 32.8 Å². The Morgan fingerprint density at radius 2 is 1.97 bits per heavy atom. The Kier molecular flexibility index (Phi) is 5.94. The van der Waals surface area contributed by atoms with Crippen molar-refractivity contribution in [2.75, 3.05) is 10.7 Å². The second-order valence-corrected chi connectivity index (χ2v) is 10.6. The van der Waals surface area contributed by atoms with Crippen LogP contribution in [0.2, 0.25) is 10.0 Å². The summed E-state index contributed by atoms with van der Waals surface area (Å²) in [6.07, 6.45) is 5.38. The summed E-state index contributed by atoms with van der Waals surface area (Å²) in [5, 5.41) is 7.08. The highest BCUT2D eigenvalue weighted by molar-refractivity contribution is 8.02. The normalized spacial score (nSPS) is 17.9. The number of nitrogens with zero attached hydrogens (tertiary/aromatic N) is 4. The average Bonchev–Trinajstić information content (AvgIpc) is 3.55. The predicted molar refractivity (Wildman–Crippen MR) is 146 cm³/mol. The zero-order valence-corrected chi connectivity index (χ0v) is 22.0. The zero-order valence-electron chi connectivity index (χ0n) is 19.7. The van der Waals surface area contributed by atoms with E-state index in [0.29, 0.717) is 22.9 Å². The number of aryl methyl sites for hydroxylation is 2. The smallest absolute Gasteiger partial charge is 0.227 e. The summed E-state index contributed by atoms with van der Waals surface area (Å²) < 4.78 is 7.58. The number of hydrogen-bond acceptors (Lipinski definition) is 5. The molecule has 0 radical (unpaired) electrons. The first-order valence-corrected chi connectivity index (χ1v) is 13.4. The topological polar surface area (TPSA) is 64.2 Å². The molecule has 0 unspecified atom stereocenters. The number of halogens is 2. The van der Waals surface area contributed by atoms with Crippen molar-refractivity contribution in [3.63, 3.8) is 0 Å². The fourth-order valence-electron chi connectivity index (χ4n) is 5.07. The van der Waals surface area contributed by atoms with E-state index in [1.54, 1.807) is 28.8 Å². The Hall–Kier alpha value is -3.00. The van der Waals surface area contributed by atoms with E-state index in [-0.39, 0.29) is 11.9 Å². The lowest BCUT2D eigenvalue weighted by atomic mass is 10.0. The number of anilines is 1. The molecule has 1 amide bonds. The molecule has 6 nitrogen and oxygen atoms in total. The molecule has 0 aliphatic carbocycles. The number of benzene rings is 2. The maximum absolute atomic E-state index is 13.1. The molecule has 1 saturated heterocycles. The van der Waals surface area contributed by atoms with Gasteiger partial charge in [-0.1, -0.05) is 34.4 Å². The number of aromatic nitrogens is 3. The van der Waals surface area contributed by atoms with Crippen molar-refractivity contribution < 1.29 is 9.32 Å². The van der Waals surface area contributed by atoms with Gasteiger partial charge in [-0.15, -0.1) is 11.8 Å². The highest BCUT2D eigenvalue weighted by atomic mass is 35.5. The lowest BCUT2D eigenvalue weighted by Gasteiger charge is -2.26. The molecule has 36 heavy (non-hydrogen) atoms. The molecule has 6 rings (SSSR count). The van der Waals surface area contributed by atoms with E-state index in [9.17, 15) is 4.79 Å². The molecular weight excluding hydrogens is 515 g/mol. The molecule has 0 spiro atoms. The Balaban J connectivity index is 1.54. The van der Waals surface area contributed by atoms with Gasteiger partial charge in [0.2, 0.25) is 5.91 Å². The highest BCUT2D eigenvalue weighted by Gasteiger charge is 2.37. The lowest BCUT2D eigenvalue weighted by molar-refractivity contribution is -0.117. The molecule has 0 N–H and O–H groups in total. The third kappa shape index (κ3) is 3.86. The van der Waals surface area contributed by atoms with Crippen LogP contribution in [0.15, 0.2) is 58.5 Å². The Morgan fingerprint density at radius 3 is 2.69 bits per heavy atom. The molecule has 2 aliphatic heterocycles. The van der Waals surface area contributed by atoms with Crippen molar-refractivity contribution in [3.05, 3.63) is 81.3 Å². The number of allylic oxidation sites excluding steroid dienone is 2. The van der Waals surface area contributed by atoms with Crippen LogP contribution >= 0.6 is 35.0 Å².